The van der Waals surface area contributed by atoms with Crippen LogP contribution in [0.2, 0.25) is 0 Å². The Morgan fingerprint density at radius 2 is 1.55 bits per heavy atom. The molecule has 0 radical (unpaired) electrons. The summed E-state index contributed by atoms with van der Waals surface area (Å²) in [5, 5.41) is 2.50. The first-order chi connectivity index (χ1) is 9.79. The number of benzene rings is 1. The molecule has 0 saturated carbocycles. The Labute approximate surface area is 120 Å². The van der Waals surface area contributed by atoms with Gasteiger partial charge in [0.15, 0.2) is 0 Å². The highest BCUT2D eigenvalue weighted by Gasteiger charge is 2.05. The number of rotatable bonds is 1. The largest absolute Gasteiger partial charge is 0.344 e. The first-order valence-corrected chi connectivity index (χ1v) is 6.30. The van der Waals surface area contributed by atoms with Gasteiger partial charge in [-0.25, -0.2) is 0 Å². The van der Waals surface area contributed by atoms with Gasteiger partial charge in [0.25, 0.3) is 0 Å². The number of pyridine rings is 1. The number of allylic oxidation sites excluding steroid dienone is 2. The Hall–Kier alpha value is -2.61. The molecule has 0 aliphatic carbocycles. The Bertz CT molecular complexity index is 648. The van der Waals surface area contributed by atoms with Gasteiger partial charge < -0.3 is 4.57 Å². The van der Waals surface area contributed by atoms with Crippen molar-refractivity contribution in [2.24, 2.45) is 7.05 Å². The Kier molecular flexibility index (Phi) is 5.98. The predicted octanol–water partition coefficient (Wildman–Crippen LogP) is 4.89. The molecule has 0 amide bonds. The molecular formula is C18H20N2. The standard InChI is InChI=1S/C12H10N2.C4H6.C2H4/c1-14-11-5-3-2-4-9(11)10-8-13-7-6-12(10)14;1-3-4-2;1-2/h2-8H,1H3;3-4H,1-2H2;1-2H2. The van der Waals surface area contributed by atoms with Gasteiger partial charge in [-0.1, -0.05) is 43.5 Å². The van der Waals surface area contributed by atoms with Gasteiger partial charge >= 0.3 is 0 Å². The normalized spacial score (nSPS) is 9.05. The maximum atomic E-state index is 4.16. The lowest BCUT2D eigenvalue weighted by atomic mass is 10.2. The molecule has 0 saturated heterocycles. The maximum absolute atomic E-state index is 4.16. The SMILES string of the molecule is C=C.C=CC=C.Cn1c2ccccc2c2cnccc21. The average molecular weight is 264 g/mol. The van der Waals surface area contributed by atoms with Crippen molar-refractivity contribution in [3.05, 3.63) is 81.2 Å². The molecule has 3 aromatic rings. The second-order valence-electron chi connectivity index (χ2n) is 3.94. The van der Waals surface area contributed by atoms with E-state index in [1.807, 2.05) is 12.4 Å². The molecule has 3 rings (SSSR count). The lowest BCUT2D eigenvalue weighted by Crippen LogP contribution is -1.85. The summed E-state index contributed by atoms with van der Waals surface area (Å²) in [4.78, 5) is 4.16. The van der Waals surface area contributed by atoms with Gasteiger partial charge in [-0.3, -0.25) is 4.98 Å². The fourth-order valence-corrected chi connectivity index (χ4v) is 2.01. The number of nitrogens with zero attached hydrogens (tertiary/aromatic N) is 2. The summed E-state index contributed by atoms with van der Waals surface area (Å²) in [5.41, 5.74) is 2.50. The van der Waals surface area contributed by atoms with Crippen LogP contribution in [0.4, 0.5) is 0 Å². The summed E-state index contributed by atoms with van der Waals surface area (Å²) in [6.07, 6.45) is 7.04. The molecule has 0 aliphatic heterocycles. The third-order valence-electron chi connectivity index (χ3n) is 2.88. The topological polar surface area (TPSA) is 17.8 Å². The first kappa shape index (κ1) is 15.4. The van der Waals surface area contributed by atoms with Crippen molar-refractivity contribution < 1.29 is 0 Å². The van der Waals surface area contributed by atoms with Crippen molar-refractivity contribution in [1.82, 2.24) is 9.55 Å². The zero-order chi connectivity index (χ0) is 15.0. The quantitative estimate of drug-likeness (QED) is 0.452. The van der Waals surface area contributed by atoms with E-state index in [0.29, 0.717) is 0 Å². The summed E-state index contributed by atoms with van der Waals surface area (Å²) < 4.78 is 2.20. The molecule has 0 fully saturated rings. The fourth-order valence-electron chi connectivity index (χ4n) is 2.01. The fraction of sp³-hybridized carbons (Fsp3) is 0.0556. The lowest BCUT2D eigenvalue weighted by molar-refractivity contribution is 1.01. The van der Waals surface area contributed by atoms with E-state index in [0.717, 1.165) is 0 Å². The zero-order valence-corrected chi connectivity index (χ0v) is 11.9. The number of fused-ring (bicyclic) bond motifs is 3. The summed E-state index contributed by atoms with van der Waals surface area (Å²) in [5.74, 6) is 0. The van der Waals surface area contributed by atoms with E-state index < -0.39 is 0 Å². The van der Waals surface area contributed by atoms with Gasteiger partial charge in [-0.05, 0) is 12.1 Å². The molecule has 0 bridgehead atoms. The molecule has 1 aromatic carbocycles. The van der Waals surface area contributed by atoms with Crippen molar-refractivity contribution in [3.8, 4) is 0 Å². The van der Waals surface area contributed by atoms with Crippen LogP contribution in [0.5, 0.6) is 0 Å². The van der Waals surface area contributed by atoms with Crippen LogP contribution >= 0.6 is 0 Å². The first-order valence-electron chi connectivity index (χ1n) is 6.30. The van der Waals surface area contributed by atoms with Crippen LogP contribution in [0.15, 0.2) is 81.2 Å². The second-order valence-corrected chi connectivity index (χ2v) is 3.94. The van der Waals surface area contributed by atoms with Crippen molar-refractivity contribution in [1.29, 1.82) is 0 Å². The molecule has 2 aromatic heterocycles. The minimum absolute atomic E-state index is 1.23. The van der Waals surface area contributed by atoms with Gasteiger partial charge in [0.2, 0.25) is 0 Å². The van der Waals surface area contributed by atoms with Crippen LogP contribution in [-0.2, 0) is 7.05 Å². The molecule has 2 nitrogen and oxygen atoms in total. The number of aryl methyl sites for hydroxylation is 1. The van der Waals surface area contributed by atoms with Crippen molar-refractivity contribution >= 4 is 21.8 Å². The van der Waals surface area contributed by atoms with E-state index in [1.165, 1.54) is 21.8 Å². The summed E-state index contributed by atoms with van der Waals surface area (Å²) in [6.45, 7) is 12.7. The van der Waals surface area contributed by atoms with Crippen LogP contribution in [0, 0.1) is 0 Å². The Balaban J connectivity index is 0.000000291. The minimum Gasteiger partial charge on any atom is -0.344 e. The van der Waals surface area contributed by atoms with Crippen LogP contribution in [-0.4, -0.2) is 9.55 Å². The minimum atomic E-state index is 1.23. The van der Waals surface area contributed by atoms with Gasteiger partial charge in [0, 0.05) is 35.7 Å². The van der Waals surface area contributed by atoms with Gasteiger partial charge in [-0.15, -0.1) is 13.2 Å². The molecule has 20 heavy (non-hydrogen) atoms. The predicted molar refractivity (Wildman–Crippen MR) is 89.9 cm³/mol. The van der Waals surface area contributed by atoms with Crippen molar-refractivity contribution in [2.45, 2.75) is 0 Å². The van der Waals surface area contributed by atoms with Crippen LogP contribution in [0.3, 0.4) is 0 Å². The van der Waals surface area contributed by atoms with E-state index in [9.17, 15) is 0 Å². The second kappa shape index (κ2) is 7.74. The van der Waals surface area contributed by atoms with E-state index in [4.69, 9.17) is 0 Å². The zero-order valence-electron chi connectivity index (χ0n) is 11.9. The molecule has 0 atom stereocenters. The Morgan fingerprint density at radius 3 is 2.20 bits per heavy atom. The van der Waals surface area contributed by atoms with Crippen molar-refractivity contribution in [3.63, 3.8) is 0 Å². The maximum Gasteiger partial charge on any atom is 0.0519 e. The van der Waals surface area contributed by atoms with E-state index in [2.05, 4.69) is 73.2 Å². The summed E-state index contributed by atoms with van der Waals surface area (Å²) in [6, 6.07) is 10.5. The average Bonchev–Trinajstić information content (AvgIpc) is 2.84. The molecule has 0 unspecified atom stereocenters. The monoisotopic (exact) mass is 264 g/mol. The molecule has 2 heteroatoms. The highest BCUT2D eigenvalue weighted by molar-refractivity contribution is 6.07. The van der Waals surface area contributed by atoms with Crippen molar-refractivity contribution in [2.75, 3.05) is 0 Å². The third-order valence-corrected chi connectivity index (χ3v) is 2.88. The molecule has 102 valence electrons. The molecule has 0 N–H and O–H groups in total. The molecule has 0 aliphatic rings. The highest BCUT2D eigenvalue weighted by atomic mass is 14.9. The third kappa shape index (κ3) is 3.04. The highest BCUT2D eigenvalue weighted by Crippen LogP contribution is 2.26. The van der Waals surface area contributed by atoms with Crippen LogP contribution in [0.25, 0.3) is 21.8 Å². The van der Waals surface area contributed by atoms with Gasteiger partial charge in [0.1, 0.15) is 0 Å². The van der Waals surface area contributed by atoms with Gasteiger partial charge in [-0.2, -0.15) is 0 Å². The number of hydrogen-bond acceptors (Lipinski definition) is 1. The molecular weight excluding hydrogens is 244 g/mol. The summed E-state index contributed by atoms with van der Waals surface area (Å²) in [7, 11) is 2.09. The van der Waals surface area contributed by atoms with Crippen LogP contribution in [0.1, 0.15) is 0 Å². The van der Waals surface area contributed by atoms with E-state index in [-0.39, 0.29) is 0 Å². The number of hydrogen-bond donors (Lipinski definition) is 0. The number of para-hydroxylation sites is 1. The smallest absolute Gasteiger partial charge is 0.0519 e. The lowest BCUT2D eigenvalue weighted by Gasteiger charge is -1.95. The van der Waals surface area contributed by atoms with Crippen LogP contribution < -0.4 is 0 Å². The molecule has 2 heterocycles. The van der Waals surface area contributed by atoms with Gasteiger partial charge in [0.05, 0.1) is 5.52 Å². The summed E-state index contributed by atoms with van der Waals surface area (Å²) >= 11 is 0. The number of aromatic nitrogens is 2. The van der Waals surface area contributed by atoms with E-state index >= 15 is 0 Å². The van der Waals surface area contributed by atoms with E-state index in [1.54, 1.807) is 12.2 Å². The Morgan fingerprint density at radius 1 is 0.950 bits per heavy atom. The molecule has 0 spiro atoms.